The van der Waals surface area contributed by atoms with Crippen LogP contribution in [-0.2, 0) is 0 Å². The molecule has 0 aromatic heterocycles. The van der Waals surface area contributed by atoms with Crippen molar-refractivity contribution in [3.63, 3.8) is 0 Å². The second kappa shape index (κ2) is 4.21. The van der Waals surface area contributed by atoms with Gasteiger partial charge in [0.05, 0.1) is 12.0 Å². The molecule has 0 fully saturated rings. The molecule has 0 spiro atoms. The van der Waals surface area contributed by atoms with Crippen LogP contribution in [0.5, 0.6) is 0 Å². The van der Waals surface area contributed by atoms with Crippen molar-refractivity contribution in [2.75, 3.05) is 5.88 Å². The molecule has 1 N–H and O–H groups in total. The fourth-order valence-corrected chi connectivity index (χ4v) is 1.64. The lowest BCUT2D eigenvalue weighted by molar-refractivity contribution is 0.202. The van der Waals surface area contributed by atoms with Crippen LogP contribution in [0.4, 0.5) is 4.39 Å². The van der Waals surface area contributed by atoms with E-state index in [4.69, 9.17) is 11.6 Å². The van der Waals surface area contributed by atoms with E-state index < -0.39 is 6.10 Å². The number of rotatable bonds is 2. The molecule has 1 aromatic carbocycles. The zero-order valence-electron chi connectivity index (χ0n) is 6.10. The Morgan fingerprint density at radius 2 is 2.25 bits per heavy atom. The molecule has 0 aliphatic heterocycles. The second-order valence-corrected chi connectivity index (χ2v) is 3.50. The number of benzene rings is 1. The zero-order chi connectivity index (χ0) is 9.14. The predicted octanol–water partition coefficient (Wildman–Crippen LogP) is 2.86. The molecule has 4 heteroatoms. The van der Waals surface area contributed by atoms with Gasteiger partial charge in [0.25, 0.3) is 0 Å². The molecular weight excluding hydrogens is 246 g/mol. The van der Waals surface area contributed by atoms with Crippen LogP contribution in [0, 0.1) is 5.82 Å². The van der Waals surface area contributed by atoms with Crippen molar-refractivity contribution in [2.45, 2.75) is 6.10 Å². The number of aliphatic hydroxyl groups is 1. The van der Waals surface area contributed by atoms with Gasteiger partial charge in [0.2, 0.25) is 0 Å². The molecule has 0 bridgehead atoms. The second-order valence-electron chi connectivity index (χ2n) is 2.34. The van der Waals surface area contributed by atoms with Crippen molar-refractivity contribution in [2.24, 2.45) is 0 Å². The van der Waals surface area contributed by atoms with Crippen LogP contribution in [0.25, 0.3) is 0 Å². The van der Waals surface area contributed by atoms with Gasteiger partial charge in [-0.15, -0.1) is 11.6 Å². The Morgan fingerprint density at radius 3 is 2.75 bits per heavy atom. The topological polar surface area (TPSA) is 20.2 Å². The molecule has 0 heterocycles. The van der Waals surface area contributed by atoms with E-state index in [2.05, 4.69) is 15.9 Å². The first-order valence-corrected chi connectivity index (χ1v) is 4.67. The molecule has 0 aliphatic carbocycles. The highest BCUT2D eigenvalue weighted by Gasteiger charge is 2.09. The van der Waals surface area contributed by atoms with Gasteiger partial charge in [-0.1, -0.05) is 22.0 Å². The van der Waals surface area contributed by atoms with Crippen LogP contribution >= 0.6 is 27.5 Å². The van der Waals surface area contributed by atoms with Gasteiger partial charge in [-0.2, -0.15) is 0 Å². The molecule has 1 rings (SSSR count). The number of halogens is 3. The molecule has 0 amide bonds. The lowest BCUT2D eigenvalue weighted by atomic mass is 10.1. The van der Waals surface area contributed by atoms with Crippen molar-refractivity contribution in [3.05, 3.63) is 34.1 Å². The van der Waals surface area contributed by atoms with Gasteiger partial charge in [0, 0.05) is 4.47 Å². The summed E-state index contributed by atoms with van der Waals surface area (Å²) in [7, 11) is 0. The fourth-order valence-electron chi connectivity index (χ4n) is 0.855. The highest BCUT2D eigenvalue weighted by Crippen LogP contribution is 2.24. The first-order chi connectivity index (χ1) is 5.65. The van der Waals surface area contributed by atoms with Gasteiger partial charge in [0.15, 0.2) is 0 Å². The Labute approximate surface area is 83.3 Å². The van der Waals surface area contributed by atoms with Crippen molar-refractivity contribution >= 4 is 27.5 Å². The van der Waals surface area contributed by atoms with E-state index in [0.717, 1.165) is 0 Å². The fraction of sp³-hybridized carbons (Fsp3) is 0.250. The van der Waals surface area contributed by atoms with E-state index >= 15 is 0 Å². The van der Waals surface area contributed by atoms with Crippen LogP contribution < -0.4 is 0 Å². The minimum atomic E-state index is -0.748. The summed E-state index contributed by atoms with van der Waals surface area (Å²) in [6, 6.07) is 4.09. The molecule has 66 valence electrons. The Morgan fingerprint density at radius 1 is 1.58 bits per heavy atom. The standard InChI is InChI=1S/C8H7BrClFO/c9-7-3-5(11)1-2-6(7)8(12)4-10/h1-3,8,12H,4H2/t8-/m1/s1. The van der Waals surface area contributed by atoms with E-state index in [1.165, 1.54) is 18.2 Å². The summed E-state index contributed by atoms with van der Waals surface area (Å²) in [5.74, 6) is -0.239. The monoisotopic (exact) mass is 252 g/mol. The summed E-state index contributed by atoms with van der Waals surface area (Å²) >= 11 is 8.56. The van der Waals surface area contributed by atoms with Crippen molar-refractivity contribution in [1.29, 1.82) is 0 Å². The average Bonchev–Trinajstić information content (AvgIpc) is 2.03. The first kappa shape index (κ1) is 9.96. The first-order valence-electron chi connectivity index (χ1n) is 3.34. The third-order valence-electron chi connectivity index (χ3n) is 1.47. The van der Waals surface area contributed by atoms with Gasteiger partial charge in [-0.05, 0) is 17.7 Å². The number of hydrogen-bond donors (Lipinski definition) is 1. The Bertz CT molecular complexity index is 280. The zero-order valence-corrected chi connectivity index (χ0v) is 8.44. The minimum absolute atomic E-state index is 0.101. The molecule has 1 atom stereocenters. The van der Waals surface area contributed by atoms with Gasteiger partial charge in [0.1, 0.15) is 5.82 Å². The normalized spacial score (nSPS) is 13.0. The summed E-state index contributed by atoms with van der Waals surface area (Å²) in [5.41, 5.74) is 0.603. The third-order valence-corrected chi connectivity index (χ3v) is 2.45. The van der Waals surface area contributed by atoms with Crippen molar-refractivity contribution < 1.29 is 9.50 Å². The van der Waals surface area contributed by atoms with Crippen LogP contribution in [0.1, 0.15) is 11.7 Å². The third kappa shape index (κ3) is 2.19. The molecule has 0 aliphatic rings. The van der Waals surface area contributed by atoms with Crippen molar-refractivity contribution in [3.8, 4) is 0 Å². The van der Waals surface area contributed by atoms with Crippen LogP contribution in [0.3, 0.4) is 0 Å². The van der Waals surface area contributed by atoms with Crippen LogP contribution in [0.2, 0.25) is 0 Å². The van der Waals surface area contributed by atoms with Gasteiger partial charge >= 0.3 is 0 Å². The molecule has 12 heavy (non-hydrogen) atoms. The van der Waals surface area contributed by atoms with Crippen LogP contribution in [0.15, 0.2) is 22.7 Å². The molecule has 0 saturated carbocycles. The molecule has 0 saturated heterocycles. The van der Waals surface area contributed by atoms with Gasteiger partial charge in [-0.25, -0.2) is 4.39 Å². The highest BCUT2D eigenvalue weighted by molar-refractivity contribution is 9.10. The minimum Gasteiger partial charge on any atom is -0.387 e. The number of hydrogen-bond acceptors (Lipinski definition) is 1. The number of aliphatic hydroxyl groups excluding tert-OH is 1. The SMILES string of the molecule is O[C@H](CCl)c1ccc(F)cc1Br. The maximum atomic E-state index is 12.6. The lowest BCUT2D eigenvalue weighted by Crippen LogP contribution is -1.99. The molecular formula is C8H7BrClFO. The van der Waals surface area contributed by atoms with E-state index in [1.807, 2.05) is 0 Å². The molecule has 0 unspecified atom stereocenters. The van der Waals surface area contributed by atoms with Gasteiger partial charge in [-0.3, -0.25) is 0 Å². The molecule has 0 radical (unpaired) electrons. The van der Waals surface area contributed by atoms with E-state index in [-0.39, 0.29) is 11.7 Å². The lowest BCUT2D eigenvalue weighted by Gasteiger charge is -2.08. The summed E-state index contributed by atoms with van der Waals surface area (Å²) in [6.07, 6.45) is -0.748. The maximum Gasteiger partial charge on any atom is 0.124 e. The maximum absolute atomic E-state index is 12.6. The Hall–Kier alpha value is -0.120. The van der Waals surface area contributed by atoms with Gasteiger partial charge < -0.3 is 5.11 Å². The summed E-state index contributed by atoms with van der Waals surface area (Å²) in [6.45, 7) is 0. The molecule has 1 aromatic rings. The summed E-state index contributed by atoms with van der Waals surface area (Å²) in [4.78, 5) is 0. The van der Waals surface area contributed by atoms with Crippen LogP contribution in [-0.4, -0.2) is 11.0 Å². The predicted molar refractivity (Wildman–Crippen MR) is 49.8 cm³/mol. The number of alkyl halides is 1. The quantitative estimate of drug-likeness (QED) is 0.804. The summed E-state index contributed by atoms with van der Waals surface area (Å²) in [5, 5.41) is 9.32. The Balaban J connectivity index is 3.01. The van der Waals surface area contributed by atoms with E-state index in [0.29, 0.717) is 10.0 Å². The van der Waals surface area contributed by atoms with Crippen molar-refractivity contribution in [1.82, 2.24) is 0 Å². The summed E-state index contributed by atoms with van der Waals surface area (Å²) < 4.78 is 13.1. The van der Waals surface area contributed by atoms with E-state index in [1.54, 1.807) is 0 Å². The van der Waals surface area contributed by atoms with E-state index in [9.17, 15) is 9.50 Å². The average molecular weight is 253 g/mol. The molecule has 1 nitrogen and oxygen atoms in total. The highest BCUT2D eigenvalue weighted by atomic mass is 79.9. The Kier molecular flexibility index (Phi) is 3.50. The smallest absolute Gasteiger partial charge is 0.124 e. The largest absolute Gasteiger partial charge is 0.387 e.